The van der Waals surface area contributed by atoms with E-state index in [1.807, 2.05) is 18.2 Å². The van der Waals surface area contributed by atoms with Gasteiger partial charge >= 0.3 is 0 Å². The summed E-state index contributed by atoms with van der Waals surface area (Å²) in [6.45, 7) is 3.75. The van der Waals surface area contributed by atoms with Gasteiger partial charge in [-0.3, -0.25) is 9.69 Å². The first-order chi connectivity index (χ1) is 13.1. The number of benzene rings is 2. The lowest BCUT2D eigenvalue weighted by Crippen LogP contribution is -2.48. The monoisotopic (exact) mass is 389 g/mol. The summed E-state index contributed by atoms with van der Waals surface area (Å²) < 4.78 is 10.4. The van der Waals surface area contributed by atoms with E-state index in [1.54, 1.807) is 32.4 Å². The fourth-order valence-corrected chi connectivity index (χ4v) is 3.38. The molecule has 0 spiro atoms. The number of piperazine rings is 1. The third kappa shape index (κ3) is 5.05. The molecule has 1 heterocycles. The number of halogens is 1. The third-order valence-electron chi connectivity index (χ3n) is 4.59. The van der Waals surface area contributed by atoms with Crippen molar-refractivity contribution in [2.24, 2.45) is 0 Å². The Hall–Kier alpha value is -2.44. The molecular formula is C20H24ClN3O3. The van der Waals surface area contributed by atoms with Crippen molar-refractivity contribution in [3.8, 4) is 11.5 Å². The lowest BCUT2D eigenvalue weighted by Gasteiger charge is -2.35. The van der Waals surface area contributed by atoms with Crippen LogP contribution in [0.15, 0.2) is 42.5 Å². The molecule has 0 aromatic heterocycles. The Labute approximate surface area is 164 Å². The van der Waals surface area contributed by atoms with Gasteiger partial charge in [0.05, 0.1) is 25.8 Å². The Balaban J connectivity index is 1.50. The zero-order valence-corrected chi connectivity index (χ0v) is 16.3. The van der Waals surface area contributed by atoms with Crippen molar-refractivity contribution in [1.29, 1.82) is 0 Å². The van der Waals surface area contributed by atoms with Gasteiger partial charge in [-0.05, 0) is 30.3 Å². The van der Waals surface area contributed by atoms with Crippen LogP contribution in [0.25, 0.3) is 0 Å². The molecule has 0 saturated carbocycles. The van der Waals surface area contributed by atoms with Crippen molar-refractivity contribution in [1.82, 2.24) is 4.90 Å². The number of methoxy groups -OCH3 is 2. The molecule has 1 fully saturated rings. The van der Waals surface area contributed by atoms with Crippen LogP contribution in [0, 0.1) is 0 Å². The topological polar surface area (TPSA) is 54.0 Å². The molecule has 0 radical (unpaired) electrons. The van der Waals surface area contributed by atoms with Crippen molar-refractivity contribution >= 4 is 28.9 Å². The molecule has 6 nitrogen and oxygen atoms in total. The summed E-state index contributed by atoms with van der Waals surface area (Å²) in [4.78, 5) is 16.8. The second kappa shape index (κ2) is 8.97. The van der Waals surface area contributed by atoms with Crippen LogP contribution in [0.3, 0.4) is 0 Å². The van der Waals surface area contributed by atoms with E-state index in [4.69, 9.17) is 21.1 Å². The number of carbonyl (C=O) groups excluding carboxylic acids is 1. The minimum Gasteiger partial charge on any atom is -0.497 e. The molecule has 1 aliphatic rings. The number of amides is 1. The molecule has 1 saturated heterocycles. The van der Waals surface area contributed by atoms with Crippen molar-refractivity contribution in [2.75, 3.05) is 57.2 Å². The average molecular weight is 390 g/mol. The van der Waals surface area contributed by atoms with E-state index < -0.39 is 0 Å². The summed E-state index contributed by atoms with van der Waals surface area (Å²) in [5.74, 6) is 1.39. The molecule has 2 aromatic carbocycles. The Morgan fingerprint density at radius 3 is 2.52 bits per heavy atom. The number of hydrogen-bond acceptors (Lipinski definition) is 5. The summed E-state index contributed by atoms with van der Waals surface area (Å²) in [5, 5.41) is 3.36. The highest BCUT2D eigenvalue weighted by Crippen LogP contribution is 2.27. The highest BCUT2D eigenvalue weighted by atomic mass is 35.5. The minimum atomic E-state index is -0.0499. The highest BCUT2D eigenvalue weighted by molar-refractivity contribution is 6.32. The Kier molecular flexibility index (Phi) is 6.42. The van der Waals surface area contributed by atoms with Crippen molar-refractivity contribution < 1.29 is 14.3 Å². The fourth-order valence-electron chi connectivity index (χ4n) is 3.12. The summed E-state index contributed by atoms with van der Waals surface area (Å²) in [5.41, 5.74) is 1.81. The molecule has 0 atom stereocenters. The maximum atomic E-state index is 12.3. The number of ether oxygens (including phenoxy) is 2. The molecule has 1 aliphatic heterocycles. The Morgan fingerprint density at radius 1 is 1.07 bits per heavy atom. The molecular weight excluding hydrogens is 366 g/mol. The van der Waals surface area contributed by atoms with E-state index in [-0.39, 0.29) is 5.91 Å². The fraction of sp³-hybridized carbons (Fsp3) is 0.350. The highest BCUT2D eigenvalue weighted by Gasteiger charge is 2.19. The second-order valence-corrected chi connectivity index (χ2v) is 6.77. The number of nitrogens with one attached hydrogen (secondary N) is 1. The molecule has 27 heavy (non-hydrogen) atoms. The van der Waals surface area contributed by atoms with Gasteiger partial charge in [-0.1, -0.05) is 17.7 Å². The lowest BCUT2D eigenvalue weighted by atomic mass is 10.2. The molecule has 7 heteroatoms. The van der Waals surface area contributed by atoms with E-state index in [1.165, 1.54) is 0 Å². The van der Waals surface area contributed by atoms with Crippen molar-refractivity contribution in [2.45, 2.75) is 0 Å². The van der Waals surface area contributed by atoms with E-state index in [0.29, 0.717) is 23.0 Å². The van der Waals surface area contributed by atoms with Crippen LogP contribution in [-0.4, -0.2) is 57.8 Å². The van der Waals surface area contributed by atoms with Crippen LogP contribution < -0.4 is 19.7 Å². The summed E-state index contributed by atoms with van der Waals surface area (Å²) in [6, 6.07) is 13.3. The van der Waals surface area contributed by atoms with Gasteiger partial charge in [-0.15, -0.1) is 0 Å². The zero-order chi connectivity index (χ0) is 19.2. The van der Waals surface area contributed by atoms with Crippen LogP contribution in [0.4, 0.5) is 11.4 Å². The SMILES string of the molecule is COc1cccc(N2CCN(CC(=O)Nc3ccc(OC)c(Cl)c3)CC2)c1. The van der Waals surface area contributed by atoms with Crippen molar-refractivity contribution in [3.05, 3.63) is 47.5 Å². The minimum absolute atomic E-state index is 0.0499. The largest absolute Gasteiger partial charge is 0.497 e. The second-order valence-electron chi connectivity index (χ2n) is 6.36. The quantitative estimate of drug-likeness (QED) is 0.822. The number of carbonyl (C=O) groups is 1. The van der Waals surface area contributed by atoms with Crippen LogP contribution >= 0.6 is 11.6 Å². The van der Waals surface area contributed by atoms with E-state index in [0.717, 1.165) is 37.6 Å². The van der Waals surface area contributed by atoms with Gasteiger partial charge < -0.3 is 19.7 Å². The predicted molar refractivity (Wildman–Crippen MR) is 108 cm³/mol. The first-order valence-electron chi connectivity index (χ1n) is 8.84. The molecule has 1 amide bonds. The Morgan fingerprint density at radius 2 is 1.85 bits per heavy atom. The molecule has 144 valence electrons. The normalized spacial score (nSPS) is 14.7. The van der Waals surface area contributed by atoms with Gasteiger partial charge in [0.25, 0.3) is 0 Å². The van der Waals surface area contributed by atoms with E-state index in [9.17, 15) is 4.79 Å². The molecule has 1 N–H and O–H groups in total. The molecule has 2 aromatic rings. The standard InChI is InChI=1S/C20H24ClN3O3/c1-26-17-5-3-4-16(13-17)24-10-8-23(9-11-24)14-20(25)22-15-6-7-19(27-2)18(21)12-15/h3-7,12-13H,8-11,14H2,1-2H3,(H,22,25). The summed E-state index contributed by atoms with van der Waals surface area (Å²) in [7, 11) is 3.23. The molecule has 0 unspecified atom stereocenters. The maximum absolute atomic E-state index is 12.3. The maximum Gasteiger partial charge on any atom is 0.238 e. The van der Waals surface area contributed by atoms with Crippen molar-refractivity contribution in [3.63, 3.8) is 0 Å². The number of hydrogen-bond donors (Lipinski definition) is 1. The van der Waals surface area contributed by atoms with Gasteiger partial charge in [-0.25, -0.2) is 0 Å². The van der Waals surface area contributed by atoms with E-state index in [2.05, 4.69) is 21.2 Å². The third-order valence-corrected chi connectivity index (χ3v) is 4.89. The first kappa shape index (κ1) is 19.3. The predicted octanol–water partition coefficient (Wildman–Crippen LogP) is 3.12. The van der Waals surface area contributed by atoms with Gasteiger partial charge in [0.1, 0.15) is 11.5 Å². The van der Waals surface area contributed by atoms with Crippen LogP contribution in [0.2, 0.25) is 5.02 Å². The Bertz CT molecular complexity index is 792. The zero-order valence-electron chi connectivity index (χ0n) is 15.6. The number of rotatable bonds is 6. The van der Waals surface area contributed by atoms with Gasteiger partial charge in [0, 0.05) is 43.6 Å². The summed E-state index contributed by atoms with van der Waals surface area (Å²) >= 11 is 6.10. The molecule has 0 bridgehead atoms. The molecule has 3 rings (SSSR count). The van der Waals surface area contributed by atoms with Gasteiger partial charge in [0.15, 0.2) is 0 Å². The summed E-state index contributed by atoms with van der Waals surface area (Å²) in [6.07, 6.45) is 0. The lowest BCUT2D eigenvalue weighted by molar-refractivity contribution is -0.117. The van der Waals surface area contributed by atoms with E-state index >= 15 is 0 Å². The average Bonchev–Trinajstić information content (AvgIpc) is 2.68. The number of nitrogens with zero attached hydrogens (tertiary/aromatic N) is 2. The van der Waals surface area contributed by atoms with Gasteiger partial charge in [-0.2, -0.15) is 0 Å². The molecule has 0 aliphatic carbocycles. The van der Waals surface area contributed by atoms with Crippen LogP contribution in [0.1, 0.15) is 0 Å². The van der Waals surface area contributed by atoms with Crippen LogP contribution in [0.5, 0.6) is 11.5 Å². The van der Waals surface area contributed by atoms with Crippen LogP contribution in [-0.2, 0) is 4.79 Å². The number of anilines is 2. The van der Waals surface area contributed by atoms with Gasteiger partial charge in [0.2, 0.25) is 5.91 Å². The smallest absolute Gasteiger partial charge is 0.238 e. The first-order valence-corrected chi connectivity index (χ1v) is 9.21.